The summed E-state index contributed by atoms with van der Waals surface area (Å²) in [4.78, 5) is 4.66. The molecule has 1 unspecified atom stereocenters. The van der Waals surface area contributed by atoms with Crippen molar-refractivity contribution in [3.63, 3.8) is 0 Å². The summed E-state index contributed by atoms with van der Waals surface area (Å²) >= 11 is 0. The minimum Gasteiger partial charge on any atom is -0.252 e. The topological polar surface area (TPSA) is 12.9 Å². The first-order valence-electron chi connectivity index (χ1n) is 6.35. The van der Waals surface area contributed by atoms with Gasteiger partial charge in [-0.1, -0.05) is 62.1 Å². The summed E-state index contributed by atoms with van der Waals surface area (Å²) in [6.45, 7) is 0. The molecule has 2 heteroatoms. The Balaban J connectivity index is 2.24. The fourth-order valence-electron chi connectivity index (χ4n) is 2.63. The number of aromatic nitrogens is 1. The second-order valence-electron chi connectivity index (χ2n) is 4.56. The molecule has 0 spiro atoms. The minimum atomic E-state index is -0.483. The molecule has 0 fully saturated rings. The van der Waals surface area contributed by atoms with Crippen molar-refractivity contribution in [2.45, 2.75) is 0 Å². The van der Waals surface area contributed by atoms with Crippen molar-refractivity contribution < 1.29 is 0 Å². The standard InChI is InChI=1S/C17H12NP/c1-2-7-13(8-3-1)19-16-11-5-4-9-14(16)15-10-6-12-18-17(15)19/h1-12H. The van der Waals surface area contributed by atoms with Gasteiger partial charge in [0, 0.05) is 22.0 Å². The van der Waals surface area contributed by atoms with Gasteiger partial charge < -0.3 is 0 Å². The van der Waals surface area contributed by atoms with E-state index in [0.29, 0.717) is 0 Å². The summed E-state index contributed by atoms with van der Waals surface area (Å²) in [5.41, 5.74) is 0. The fraction of sp³-hybridized carbons (Fsp3) is 0. The van der Waals surface area contributed by atoms with E-state index >= 15 is 0 Å². The maximum Gasteiger partial charge on any atom is 0.0945 e. The average molecular weight is 261 g/mol. The molecule has 1 nitrogen and oxygen atoms in total. The van der Waals surface area contributed by atoms with Crippen LogP contribution in [0.5, 0.6) is 0 Å². The Morgan fingerprint density at radius 2 is 1.42 bits per heavy atom. The molecular weight excluding hydrogens is 249 g/mol. The van der Waals surface area contributed by atoms with Crippen LogP contribution in [0, 0.1) is 0 Å². The molecule has 4 aromatic rings. The number of hydrogen-bond donors (Lipinski definition) is 0. The van der Waals surface area contributed by atoms with Gasteiger partial charge in [-0.3, -0.25) is 4.98 Å². The van der Waals surface area contributed by atoms with Gasteiger partial charge in [-0.05, 0) is 17.5 Å². The molecule has 0 N–H and O–H groups in total. The largest absolute Gasteiger partial charge is 0.252 e. The summed E-state index contributed by atoms with van der Waals surface area (Å²) < 4.78 is 0. The van der Waals surface area contributed by atoms with Crippen LogP contribution in [0.25, 0.3) is 26.4 Å². The van der Waals surface area contributed by atoms with Crippen LogP contribution in [-0.2, 0) is 0 Å². The van der Waals surface area contributed by atoms with Crippen molar-refractivity contribution in [3.8, 4) is 5.30 Å². The second-order valence-corrected chi connectivity index (χ2v) is 6.66. The maximum absolute atomic E-state index is 4.66. The minimum absolute atomic E-state index is 0.483. The number of pyridine rings is 1. The Hall–Kier alpha value is -2.11. The molecule has 2 aromatic heterocycles. The number of fused-ring (bicyclic) bond motifs is 3. The lowest BCUT2D eigenvalue weighted by molar-refractivity contribution is 1.45. The lowest BCUT2D eigenvalue weighted by Gasteiger charge is -2.01. The third kappa shape index (κ3) is 1.59. The van der Waals surface area contributed by atoms with Crippen LogP contribution in [-0.4, -0.2) is 4.98 Å². The highest BCUT2D eigenvalue weighted by Gasteiger charge is 2.12. The summed E-state index contributed by atoms with van der Waals surface area (Å²) in [7, 11) is -0.483. The van der Waals surface area contributed by atoms with Crippen LogP contribution in [0.1, 0.15) is 0 Å². The van der Waals surface area contributed by atoms with Gasteiger partial charge in [0.1, 0.15) is 0 Å². The van der Waals surface area contributed by atoms with E-state index in [-0.39, 0.29) is 0 Å². The van der Waals surface area contributed by atoms with Gasteiger partial charge in [-0.15, -0.1) is 0 Å². The van der Waals surface area contributed by atoms with Gasteiger partial charge >= 0.3 is 0 Å². The molecular formula is C17H12NP. The van der Waals surface area contributed by atoms with Gasteiger partial charge in [0.2, 0.25) is 0 Å². The maximum atomic E-state index is 4.66. The number of rotatable bonds is 1. The summed E-state index contributed by atoms with van der Waals surface area (Å²) in [6.07, 6.45) is 1.91. The molecule has 4 rings (SSSR count). The molecule has 0 amide bonds. The molecule has 0 saturated carbocycles. The highest BCUT2D eigenvalue weighted by Crippen LogP contribution is 2.53. The monoisotopic (exact) mass is 261 g/mol. The quantitative estimate of drug-likeness (QED) is 0.449. The molecule has 0 aliphatic heterocycles. The highest BCUT2D eigenvalue weighted by molar-refractivity contribution is 7.67. The third-order valence-electron chi connectivity index (χ3n) is 3.45. The number of benzene rings is 2. The molecule has 0 bridgehead atoms. The summed E-state index contributed by atoms with van der Waals surface area (Å²) in [6, 6.07) is 23.6. The van der Waals surface area contributed by atoms with Gasteiger partial charge in [0.25, 0.3) is 0 Å². The van der Waals surface area contributed by atoms with Gasteiger partial charge in [-0.25, -0.2) is 0 Å². The first kappa shape index (κ1) is 10.8. The van der Waals surface area contributed by atoms with Gasteiger partial charge in [0.15, 0.2) is 0 Å². The van der Waals surface area contributed by atoms with Crippen LogP contribution in [0.15, 0.2) is 72.9 Å². The van der Waals surface area contributed by atoms with Crippen molar-refractivity contribution in [2.75, 3.05) is 0 Å². The summed E-state index contributed by atoms with van der Waals surface area (Å²) in [5, 5.41) is 6.69. The van der Waals surface area contributed by atoms with E-state index in [4.69, 9.17) is 0 Å². The van der Waals surface area contributed by atoms with E-state index in [0.717, 1.165) is 0 Å². The Morgan fingerprint density at radius 1 is 0.684 bits per heavy atom. The van der Waals surface area contributed by atoms with E-state index in [2.05, 4.69) is 65.6 Å². The molecule has 2 heterocycles. The van der Waals surface area contributed by atoms with Gasteiger partial charge in [-0.2, -0.15) is 0 Å². The zero-order valence-corrected chi connectivity index (χ0v) is 11.2. The Morgan fingerprint density at radius 3 is 2.32 bits per heavy atom. The number of hydrogen-bond acceptors (Lipinski definition) is 1. The highest BCUT2D eigenvalue weighted by atomic mass is 31.1. The Kier molecular flexibility index (Phi) is 2.39. The van der Waals surface area contributed by atoms with E-state index in [1.54, 1.807) is 0 Å². The lowest BCUT2D eigenvalue weighted by atomic mass is 10.2. The third-order valence-corrected chi connectivity index (χ3v) is 5.91. The van der Waals surface area contributed by atoms with E-state index < -0.39 is 7.53 Å². The molecule has 2 aromatic carbocycles. The summed E-state index contributed by atoms with van der Waals surface area (Å²) in [5.74, 6) is 0. The van der Waals surface area contributed by atoms with Gasteiger partial charge in [0.05, 0.1) is 5.25 Å². The zero-order valence-electron chi connectivity index (χ0n) is 10.3. The molecule has 0 aliphatic rings. The average Bonchev–Trinajstić information content (AvgIpc) is 2.83. The van der Waals surface area contributed by atoms with Crippen LogP contribution < -0.4 is 0 Å². The molecule has 90 valence electrons. The van der Waals surface area contributed by atoms with E-state index in [1.807, 2.05) is 12.3 Å². The normalized spacial score (nSPS) is 12.1. The van der Waals surface area contributed by atoms with Crippen molar-refractivity contribution >= 4 is 28.7 Å². The van der Waals surface area contributed by atoms with Crippen molar-refractivity contribution in [1.82, 2.24) is 4.98 Å². The van der Waals surface area contributed by atoms with Crippen molar-refractivity contribution in [2.24, 2.45) is 0 Å². The molecule has 0 aliphatic carbocycles. The number of nitrogens with zero attached hydrogens (tertiary/aromatic N) is 1. The zero-order chi connectivity index (χ0) is 12.7. The van der Waals surface area contributed by atoms with Crippen LogP contribution in [0.2, 0.25) is 0 Å². The first-order valence-corrected chi connectivity index (χ1v) is 7.69. The molecule has 0 radical (unpaired) electrons. The van der Waals surface area contributed by atoms with Crippen LogP contribution in [0.4, 0.5) is 0 Å². The molecule has 1 atom stereocenters. The smallest absolute Gasteiger partial charge is 0.0945 e. The predicted molar refractivity (Wildman–Crippen MR) is 83.3 cm³/mol. The molecule has 19 heavy (non-hydrogen) atoms. The van der Waals surface area contributed by atoms with E-state index in [1.165, 1.54) is 26.4 Å². The van der Waals surface area contributed by atoms with Crippen LogP contribution >= 0.6 is 7.53 Å². The first-order chi connectivity index (χ1) is 9.45. The fourth-order valence-corrected chi connectivity index (χ4v) is 5.14. The SMILES string of the molecule is c1ccc(-p2c3ccccc3c3cccnc32)cc1. The van der Waals surface area contributed by atoms with Crippen molar-refractivity contribution in [3.05, 3.63) is 72.9 Å². The predicted octanol–water partition coefficient (Wildman–Crippen LogP) is 5.36. The molecule has 0 saturated heterocycles. The van der Waals surface area contributed by atoms with Crippen LogP contribution in [0.3, 0.4) is 0 Å². The Labute approximate surface area is 112 Å². The lowest BCUT2D eigenvalue weighted by Crippen LogP contribution is -1.70. The second kappa shape index (κ2) is 4.22. The van der Waals surface area contributed by atoms with Crippen molar-refractivity contribution in [1.29, 1.82) is 0 Å². The van der Waals surface area contributed by atoms with E-state index in [9.17, 15) is 0 Å². The Bertz CT molecular complexity index is 809.